The fourth-order valence-corrected chi connectivity index (χ4v) is 1.30. The molecule has 0 aliphatic heterocycles. The fourth-order valence-electron chi connectivity index (χ4n) is 0.978. The van der Waals surface area contributed by atoms with Crippen molar-refractivity contribution in [1.82, 2.24) is 0 Å². The van der Waals surface area contributed by atoms with Gasteiger partial charge in [-0.05, 0) is 19.4 Å². The number of benzene rings is 1. The van der Waals surface area contributed by atoms with Crippen molar-refractivity contribution in [3.05, 3.63) is 35.4 Å². The summed E-state index contributed by atoms with van der Waals surface area (Å²) in [5.41, 5.74) is 0.627. The zero-order valence-electron chi connectivity index (χ0n) is 7.27. The van der Waals surface area contributed by atoms with Gasteiger partial charge in [0.2, 0.25) is 0 Å². The Morgan fingerprint density at radius 1 is 1.33 bits per heavy atom. The topological polar surface area (TPSA) is 0 Å². The monoisotopic (exact) mass is 230 g/mol. The summed E-state index contributed by atoms with van der Waals surface area (Å²) in [4.78, 5) is 0. The van der Waals surface area contributed by atoms with Crippen molar-refractivity contribution in [2.45, 2.75) is 19.5 Å². The molecule has 1 aromatic carbocycles. The molecule has 0 N–H and O–H groups in total. The fraction of sp³-hybridized carbons (Fsp3) is 0.400. The van der Waals surface area contributed by atoms with Crippen LogP contribution in [-0.2, 0) is 5.67 Å². The lowest BCUT2D eigenvalue weighted by Crippen LogP contribution is -2.16. The van der Waals surface area contributed by atoms with Crippen LogP contribution < -0.4 is 0 Å². The molecule has 0 aliphatic carbocycles. The third kappa shape index (κ3) is 2.07. The Labute approximate surface area is 80.9 Å². The lowest BCUT2D eigenvalue weighted by molar-refractivity contribution is 0.230. The predicted octanol–water partition coefficient (Wildman–Crippen LogP) is 3.57. The van der Waals surface area contributed by atoms with E-state index in [-0.39, 0.29) is 0 Å². The van der Waals surface area contributed by atoms with Gasteiger partial charge in [0.25, 0.3) is 0 Å². The third-order valence-electron chi connectivity index (χ3n) is 1.90. The second kappa shape index (κ2) is 3.56. The molecule has 0 radical (unpaired) electrons. The van der Waals surface area contributed by atoms with Crippen LogP contribution in [0.4, 0.5) is 4.39 Å². The van der Waals surface area contributed by atoms with Gasteiger partial charge >= 0.3 is 0 Å². The van der Waals surface area contributed by atoms with Crippen LogP contribution in [0.25, 0.3) is 0 Å². The summed E-state index contributed by atoms with van der Waals surface area (Å²) in [6, 6.07) is 7.51. The normalized spacial score (nSPS) is 15.7. The molecule has 0 nitrogen and oxygen atoms in total. The SMILES string of the molecule is Cc1ccc([C@](C)(F)CBr)cc1. The minimum absolute atomic E-state index is 0.336. The molecule has 1 rings (SSSR count). The van der Waals surface area contributed by atoms with Crippen LogP contribution >= 0.6 is 15.9 Å². The van der Waals surface area contributed by atoms with E-state index in [1.165, 1.54) is 0 Å². The molecule has 0 amide bonds. The van der Waals surface area contributed by atoms with Crippen molar-refractivity contribution in [3.8, 4) is 0 Å². The number of aryl methyl sites for hydroxylation is 1. The first-order valence-corrected chi connectivity index (χ1v) is 5.00. The van der Waals surface area contributed by atoms with Crippen LogP contribution in [0, 0.1) is 6.92 Å². The van der Waals surface area contributed by atoms with Crippen LogP contribution in [0.5, 0.6) is 0 Å². The first-order chi connectivity index (χ1) is 5.56. The second-order valence-corrected chi connectivity index (χ2v) is 3.76. The highest BCUT2D eigenvalue weighted by Crippen LogP contribution is 2.27. The molecule has 0 aromatic heterocycles. The summed E-state index contributed by atoms with van der Waals surface area (Å²) in [5.74, 6) is 0. The molecule has 2 heteroatoms. The summed E-state index contributed by atoms with van der Waals surface area (Å²) in [7, 11) is 0. The van der Waals surface area contributed by atoms with E-state index in [9.17, 15) is 4.39 Å². The largest absolute Gasteiger partial charge is 0.238 e. The first kappa shape index (κ1) is 9.72. The van der Waals surface area contributed by atoms with E-state index in [1.54, 1.807) is 6.92 Å². The van der Waals surface area contributed by atoms with Crippen LogP contribution in [0.2, 0.25) is 0 Å². The van der Waals surface area contributed by atoms with Gasteiger partial charge in [0.05, 0.1) is 0 Å². The summed E-state index contributed by atoms with van der Waals surface area (Å²) in [5, 5.41) is 0.336. The molecular weight excluding hydrogens is 219 g/mol. The molecule has 0 spiro atoms. The zero-order chi connectivity index (χ0) is 9.19. The summed E-state index contributed by atoms with van der Waals surface area (Å²) >= 11 is 3.15. The number of hydrogen-bond acceptors (Lipinski definition) is 0. The van der Waals surface area contributed by atoms with Crippen molar-refractivity contribution in [2.24, 2.45) is 0 Å². The Hall–Kier alpha value is -0.370. The molecule has 0 bridgehead atoms. The van der Waals surface area contributed by atoms with Crippen LogP contribution in [0.1, 0.15) is 18.1 Å². The molecule has 12 heavy (non-hydrogen) atoms. The van der Waals surface area contributed by atoms with Crippen LogP contribution in [0.15, 0.2) is 24.3 Å². The van der Waals surface area contributed by atoms with E-state index in [2.05, 4.69) is 15.9 Å². The highest BCUT2D eigenvalue weighted by molar-refractivity contribution is 9.09. The molecule has 1 atom stereocenters. The van der Waals surface area contributed by atoms with Gasteiger partial charge < -0.3 is 0 Å². The molecular formula is C10H12BrF. The minimum Gasteiger partial charge on any atom is -0.238 e. The van der Waals surface area contributed by atoms with Crippen molar-refractivity contribution in [2.75, 3.05) is 5.33 Å². The van der Waals surface area contributed by atoms with Gasteiger partial charge in [0.1, 0.15) is 5.67 Å². The number of alkyl halides is 2. The van der Waals surface area contributed by atoms with E-state index >= 15 is 0 Å². The molecule has 0 aliphatic rings. The van der Waals surface area contributed by atoms with Crippen molar-refractivity contribution in [3.63, 3.8) is 0 Å². The van der Waals surface area contributed by atoms with E-state index in [0.29, 0.717) is 5.33 Å². The molecule has 1 aromatic rings. The lowest BCUT2D eigenvalue weighted by Gasteiger charge is -2.17. The lowest BCUT2D eigenvalue weighted by atomic mass is 9.99. The number of halogens is 2. The Kier molecular flexibility index (Phi) is 2.89. The number of rotatable bonds is 2. The van der Waals surface area contributed by atoms with Crippen LogP contribution in [-0.4, -0.2) is 5.33 Å². The van der Waals surface area contributed by atoms with Gasteiger partial charge in [0, 0.05) is 5.33 Å². The highest BCUT2D eigenvalue weighted by atomic mass is 79.9. The quantitative estimate of drug-likeness (QED) is 0.682. The van der Waals surface area contributed by atoms with Crippen molar-refractivity contribution in [1.29, 1.82) is 0 Å². The maximum atomic E-state index is 13.6. The Bertz CT molecular complexity index is 251. The van der Waals surface area contributed by atoms with Gasteiger partial charge in [-0.1, -0.05) is 45.8 Å². The maximum Gasteiger partial charge on any atom is 0.142 e. The Morgan fingerprint density at radius 2 is 1.83 bits per heavy atom. The second-order valence-electron chi connectivity index (χ2n) is 3.20. The van der Waals surface area contributed by atoms with Gasteiger partial charge in [-0.3, -0.25) is 0 Å². The maximum absolute atomic E-state index is 13.6. The first-order valence-electron chi connectivity index (χ1n) is 3.88. The molecule has 66 valence electrons. The van der Waals surface area contributed by atoms with Gasteiger partial charge in [-0.2, -0.15) is 0 Å². The molecule has 0 unspecified atom stereocenters. The summed E-state index contributed by atoms with van der Waals surface area (Å²) in [6.45, 7) is 3.57. The Morgan fingerprint density at radius 3 is 2.25 bits per heavy atom. The minimum atomic E-state index is -1.26. The number of hydrogen-bond donors (Lipinski definition) is 0. The summed E-state index contributed by atoms with van der Waals surface area (Å²) < 4.78 is 13.6. The van der Waals surface area contributed by atoms with E-state index in [0.717, 1.165) is 11.1 Å². The van der Waals surface area contributed by atoms with Crippen molar-refractivity contribution < 1.29 is 4.39 Å². The smallest absolute Gasteiger partial charge is 0.142 e. The molecule has 0 heterocycles. The van der Waals surface area contributed by atoms with E-state index in [1.807, 2.05) is 31.2 Å². The average molecular weight is 231 g/mol. The highest BCUT2D eigenvalue weighted by Gasteiger charge is 2.23. The standard InChI is InChI=1S/C10H12BrF/c1-8-3-5-9(6-4-8)10(2,12)7-11/h3-6H,7H2,1-2H3/t10-/m1/s1. The van der Waals surface area contributed by atoms with Gasteiger partial charge in [-0.25, -0.2) is 4.39 Å². The molecule has 0 fully saturated rings. The van der Waals surface area contributed by atoms with E-state index < -0.39 is 5.67 Å². The summed E-state index contributed by atoms with van der Waals surface area (Å²) in [6.07, 6.45) is 0. The van der Waals surface area contributed by atoms with E-state index in [4.69, 9.17) is 0 Å². The van der Waals surface area contributed by atoms with Crippen LogP contribution in [0.3, 0.4) is 0 Å². The predicted molar refractivity (Wildman–Crippen MR) is 53.4 cm³/mol. The van der Waals surface area contributed by atoms with Gasteiger partial charge in [-0.15, -0.1) is 0 Å². The third-order valence-corrected chi connectivity index (χ3v) is 2.96. The average Bonchev–Trinajstić information content (AvgIpc) is 2.05. The molecule has 0 saturated heterocycles. The Balaban J connectivity index is 2.96. The molecule has 0 saturated carbocycles. The van der Waals surface area contributed by atoms with Crippen molar-refractivity contribution >= 4 is 15.9 Å². The van der Waals surface area contributed by atoms with Gasteiger partial charge in [0.15, 0.2) is 0 Å². The zero-order valence-corrected chi connectivity index (χ0v) is 8.86.